The van der Waals surface area contributed by atoms with Crippen molar-refractivity contribution in [1.82, 2.24) is 0 Å². The van der Waals surface area contributed by atoms with Crippen molar-refractivity contribution < 1.29 is 9.47 Å². The van der Waals surface area contributed by atoms with E-state index < -0.39 is 7.58 Å². The summed E-state index contributed by atoms with van der Waals surface area (Å²) in [5, 5.41) is 4.65. The van der Waals surface area contributed by atoms with Crippen LogP contribution in [0.5, 0.6) is 11.5 Å². The first-order valence-electron chi connectivity index (χ1n) is 15.1. The molecule has 7 aromatic rings. The van der Waals surface area contributed by atoms with Crippen molar-refractivity contribution in [3.63, 3.8) is 0 Å². The lowest BCUT2D eigenvalue weighted by Crippen LogP contribution is -2.11. The molecule has 224 valence electrons. The van der Waals surface area contributed by atoms with E-state index in [1.165, 1.54) is 0 Å². The molecule has 1 aliphatic rings. The van der Waals surface area contributed by atoms with Gasteiger partial charge in [-0.2, -0.15) is 0 Å². The van der Waals surface area contributed by atoms with Crippen LogP contribution in [0.1, 0.15) is 0 Å². The van der Waals surface area contributed by atoms with Crippen molar-refractivity contribution in [2.75, 3.05) is 23.6 Å². The summed E-state index contributed by atoms with van der Waals surface area (Å²) in [5.41, 5.74) is 8.88. The molecular formula is C40H30ClN2O2P. The molecule has 0 N–H and O–H groups in total. The number of fused-ring (bicyclic) bond motifs is 3. The van der Waals surface area contributed by atoms with Crippen molar-refractivity contribution in [2.24, 2.45) is 0 Å². The normalized spacial score (nSPS) is 12.9. The fourth-order valence-corrected chi connectivity index (χ4v) is 9.08. The van der Waals surface area contributed by atoms with Gasteiger partial charge in [-0.05, 0) is 92.8 Å². The van der Waals surface area contributed by atoms with Gasteiger partial charge in [-0.1, -0.05) is 97.1 Å². The molecule has 0 radical (unpaired) electrons. The Morgan fingerprint density at radius 2 is 0.804 bits per heavy atom. The van der Waals surface area contributed by atoms with E-state index in [9.17, 15) is 0 Å². The molecule has 6 heteroatoms. The topological polar surface area (TPSA) is 24.9 Å². The van der Waals surface area contributed by atoms with Crippen molar-refractivity contribution in [3.05, 3.63) is 146 Å². The predicted molar refractivity (Wildman–Crippen MR) is 195 cm³/mol. The number of halogens is 1. The third kappa shape index (κ3) is 4.65. The van der Waals surface area contributed by atoms with Crippen LogP contribution < -0.4 is 18.8 Å². The number of benzene rings is 7. The van der Waals surface area contributed by atoms with Crippen LogP contribution in [0.15, 0.2) is 146 Å². The van der Waals surface area contributed by atoms with E-state index in [0.29, 0.717) is 0 Å². The number of ether oxygens (including phenoxy) is 2. The molecule has 0 fully saturated rings. The maximum absolute atomic E-state index is 7.74. The van der Waals surface area contributed by atoms with Crippen LogP contribution in [0.2, 0.25) is 0 Å². The Morgan fingerprint density at radius 3 is 1.20 bits per heavy atom. The van der Waals surface area contributed by atoms with E-state index in [4.69, 9.17) is 20.7 Å². The second kappa shape index (κ2) is 11.7. The van der Waals surface area contributed by atoms with Gasteiger partial charge in [0.25, 0.3) is 0 Å². The lowest BCUT2D eigenvalue weighted by molar-refractivity contribution is 0.415. The van der Waals surface area contributed by atoms with Crippen molar-refractivity contribution in [3.8, 4) is 33.8 Å². The predicted octanol–water partition coefficient (Wildman–Crippen LogP) is 12.1. The van der Waals surface area contributed by atoms with Crippen molar-refractivity contribution in [2.45, 2.75) is 0 Å². The second-order valence-electron chi connectivity index (χ2n) is 11.2. The molecule has 0 spiro atoms. The van der Waals surface area contributed by atoms with Gasteiger partial charge in [0, 0.05) is 10.8 Å². The van der Waals surface area contributed by atoms with Gasteiger partial charge in [0.1, 0.15) is 11.5 Å². The number of anilines is 4. The number of nitrogens with zero attached hydrogens (tertiary/aromatic N) is 2. The van der Waals surface area contributed by atoms with Gasteiger partial charge < -0.3 is 9.47 Å². The molecular weight excluding hydrogens is 607 g/mol. The van der Waals surface area contributed by atoms with E-state index in [2.05, 4.69) is 131 Å². The monoisotopic (exact) mass is 636 g/mol. The fraction of sp³-hybridized carbons (Fsp3) is 0.0500. The zero-order valence-electron chi connectivity index (χ0n) is 25.4. The van der Waals surface area contributed by atoms with Crippen LogP contribution in [0, 0.1) is 0 Å². The molecule has 0 unspecified atom stereocenters. The van der Waals surface area contributed by atoms with E-state index in [-0.39, 0.29) is 0 Å². The van der Waals surface area contributed by atoms with Crippen LogP contribution in [0.4, 0.5) is 22.7 Å². The highest BCUT2D eigenvalue weighted by Crippen LogP contribution is 2.69. The van der Waals surface area contributed by atoms with Crippen LogP contribution in [0.25, 0.3) is 43.8 Å². The highest BCUT2D eigenvalue weighted by molar-refractivity contribution is 7.87. The molecule has 0 saturated carbocycles. The number of para-hydroxylation sites is 2. The number of hydrogen-bond donors (Lipinski definition) is 0. The van der Waals surface area contributed by atoms with Crippen LogP contribution in [-0.2, 0) is 0 Å². The van der Waals surface area contributed by atoms with Crippen molar-refractivity contribution in [1.29, 1.82) is 0 Å². The average Bonchev–Trinajstić information content (AvgIpc) is 3.41. The Labute approximate surface area is 274 Å². The van der Waals surface area contributed by atoms with Gasteiger partial charge in [-0.25, -0.2) is 0 Å². The van der Waals surface area contributed by atoms with E-state index in [0.717, 1.165) is 78.0 Å². The van der Waals surface area contributed by atoms with Crippen molar-refractivity contribution >= 4 is 63.1 Å². The van der Waals surface area contributed by atoms with Gasteiger partial charge in [-0.15, -0.1) is 0 Å². The molecule has 8 rings (SSSR count). The van der Waals surface area contributed by atoms with Gasteiger partial charge >= 0.3 is 0 Å². The van der Waals surface area contributed by atoms with E-state index in [1.807, 2.05) is 24.3 Å². The molecule has 0 saturated heterocycles. The Kier molecular flexibility index (Phi) is 7.25. The lowest BCUT2D eigenvalue weighted by Gasteiger charge is -2.29. The Bertz CT molecular complexity index is 2050. The molecule has 1 aliphatic heterocycles. The third-order valence-electron chi connectivity index (χ3n) is 8.69. The zero-order valence-corrected chi connectivity index (χ0v) is 27.0. The summed E-state index contributed by atoms with van der Waals surface area (Å²) in [6.45, 7) is 0. The molecule has 0 bridgehead atoms. The summed E-state index contributed by atoms with van der Waals surface area (Å²) in [7, 11) is 1.99. The van der Waals surface area contributed by atoms with Gasteiger partial charge in [0.05, 0.1) is 37.0 Å². The molecule has 0 aromatic heterocycles. The summed E-state index contributed by atoms with van der Waals surface area (Å²) < 4.78 is 15.6. The molecule has 1 heterocycles. The molecule has 4 nitrogen and oxygen atoms in total. The molecule has 0 atom stereocenters. The highest BCUT2D eigenvalue weighted by Gasteiger charge is 2.39. The van der Waals surface area contributed by atoms with Crippen LogP contribution in [0.3, 0.4) is 0 Å². The summed E-state index contributed by atoms with van der Waals surface area (Å²) in [5.74, 6) is 1.67. The SMILES string of the molecule is COc1ccc(-c2cccc3cccc(N4c5ccccc5N(c5cccc6cccc(-c7ccc(OC)cc7)c56)P4Cl)c23)cc1. The number of hydrogen-bond acceptors (Lipinski definition) is 4. The van der Waals surface area contributed by atoms with Crippen LogP contribution in [-0.4, -0.2) is 14.2 Å². The minimum absolute atomic E-state index is 0.835. The second-order valence-corrected chi connectivity index (χ2v) is 13.4. The maximum atomic E-state index is 7.74. The van der Waals surface area contributed by atoms with Gasteiger partial charge in [-0.3, -0.25) is 9.34 Å². The third-order valence-corrected chi connectivity index (χ3v) is 11.1. The summed E-state index contributed by atoms with van der Waals surface area (Å²) in [6.07, 6.45) is 0. The van der Waals surface area contributed by atoms with Crippen LogP contribution >= 0.6 is 18.8 Å². The first-order chi connectivity index (χ1) is 22.7. The Morgan fingerprint density at radius 1 is 0.435 bits per heavy atom. The summed E-state index contributed by atoms with van der Waals surface area (Å²) in [4.78, 5) is 0. The first-order valence-corrected chi connectivity index (χ1v) is 17.3. The summed E-state index contributed by atoms with van der Waals surface area (Å²) >= 11 is 7.74. The smallest absolute Gasteiger partial charge is 0.207 e. The number of methoxy groups -OCH3 is 2. The minimum Gasteiger partial charge on any atom is -0.497 e. The molecule has 46 heavy (non-hydrogen) atoms. The summed E-state index contributed by atoms with van der Waals surface area (Å²) in [6, 6.07) is 51.0. The lowest BCUT2D eigenvalue weighted by atomic mass is 9.96. The average molecular weight is 637 g/mol. The molecule has 0 aliphatic carbocycles. The number of rotatable bonds is 6. The maximum Gasteiger partial charge on any atom is 0.207 e. The first kappa shape index (κ1) is 28.5. The standard InChI is InChI=1S/C40H30ClN2O2P/c1-44-31-23-19-27(20-24-31)33-13-5-9-29-11-7-17-37(39(29)33)42-35-15-3-4-16-36(35)43(46(42)41)38-18-8-12-30-10-6-14-34(40(30)38)28-21-25-32(45-2)26-22-28/h3-26H,1-2H3. The molecule has 0 amide bonds. The van der Waals surface area contributed by atoms with Gasteiger partial charge in [0.2, 0.25) is 7.58 Å². The Hall–Kier alpha value is -5.02. The van der Waals surface area contributed by atoms with Gasteiger partial charge in [0.15, 0.2) is 0 Å². The quantitative estimate of drug-likeness (QED) is 0.170. The largest absolute Gasteiger partial charge is 0.497 e. The zero-order chi connectivity index (χ0) is 31.2. The molecule has 7 aromatic carbocycles. The minimum atomic E-state index is -1.40. The van der Waals surface area contributed by atoms with E-state index >= 15 is 0 Å². The Balaban J connectivity index is 1.33. The van der Waals surface area contributed by atoms with E-state index in [1.54, 1.807) is 14.2 Å². The highest BCUT2D eigenvalue weighted by atomic mass is 35.7. The fourth-order valence-electron chi connectivity index (χ4n) is 6.54.